The molecule has 6 nitrogen and oxygen atoms in total. The highest BCUT2D eigenvalue weighted by Gasteiger charge is 2.34. The van der Waals surface area contributed by atoms with Crippen LogP contribution >= 0.6 is 0 Å². The van der Waals surface area contributed by atoms with E-state index in [-0.39, 0.29) is 11.9 Å². The summed E-state index contributed by atoms with van der Waals surface area (Å²) < 4.78 is 10.3. The van der Waals surface area contributed by atoms with E-state index in [0.717, 1.165) is 30.7 Å². The number of rotatable bonds is 3. The predicted octanol–water partition coefficient (Wildman–Crippen LogP) is 2.51. The molecule has 0 spiro atoms. The maximum absolute atomic E-state index is 12.5. The zero-order valence-electron chi connectivity index (χ0n) is 11.6. The van der Waals surface area contributed by atoms with E-state index in [2.05, 4.69) is 10.3 Å². The number of hydrogen-bond acceptors (Lipinski definition) is 5. The average Bonchev–Trinajstić information content (AvgIpc) is 3.17. The molecule has 1 atom stereocenters. The van der Waals surface area contributed by atoms with Gasteiger partial charge < -0.3 is 13.9 Å². The summed E-state index contributed by atoms with van der Waals surface area (Å²) in [6.07, 6.45) is 2.67. The van der Waals surface area contributed by atoms with Gasteiger partial charge in [-0.25, -0.2) is 0 Å². The van der Waals surface area contributed by atoms with Crippen molar-refractivity contribution in [1.29, 1.82) is 0 Å². The number of aryl methyl sites for hydroxylation is 2. The molecule has 20 heavy (non-hydrogen) atoms. The average molecular weight is 275 g/mol. The fraction of sp³-hybridized carbons (Fsp3) is 0.500. The molecule has 2 aromatic rings. The monoisotopic (exact) mass is 275 g/mol. The van der Waals surface area contributed by atoms with Crippen molar-refractivity contribution in [3.05, 3.63) is 35.0 Å². The second-order valence-corrected chi connectivity index (χ2v) is 5.05. The number of amides is 1. The molecule has 1 aliphatic rings. The Kier molecular flexibility index (Phi) is 3.30. The molecule has 1 amide bonds. The highest BCUT2D eigenvalue weighted by atomic mass is 16.5. The van der Waals surface area contributed by atoms with Gasteiger partial charge in [0.25, 0.3) is 5.91 Å². The lowest BCUT2D eigenvalue weighted by Gasteiger charge is -2.21. The smallest absolute Gasteiger partial charge is 0.276 e. The minimum absolute atomic E-state index is 0.0488. The third-order valence-electron chi connectivity index (χ3n) is 3.63. The molecule has 0 saturated carbocycles. The van der Waals surface area contributed by atoms with Crippen LogP contribution in [0.4, 0.5) is 0 Å². The van der Waals surface area contributed by atoms with Crippen molar-refractivity contribution in [2.24, 2.45) is 0 Å². The molecule has 2 aromatic heterocycles. The molecule has 1 saturated heterocycles. The van der Waals surface area contributed by atoms with Crippen molar-refractivity contribution in [3.63, 3.8) is 0 Å². The molecule has 3 heterocycles. The summed E-state index contributed by atoms with van der Waals surface area (Å²) in [6.45, 7) is 4.50. The maximum atomic E-state index is 12.5. The van der Waals surface area contributed by atoms with E-state index < -0.39 is 0 Å². The third-order valence-corrected chi connectivity index (χ3v) is 3.63. The largest absolute Gasteiger partial charge is 0.361 e. The molecule has 0 aliphatic carbocycles. The van der Waals surface area contributed by atoms with Crippen LogP contribution in [0.5, 0.6) is 0 Å². The Morgan fingerprint density at radius 1 is 1.40 bits per heavy atom. The van der Waals surface area contributed by atoms with Gasteiger partial charge >= 0.3 is 0 Å². The van der Waals surface area contributed by atoms with Crippen molar-refractivity contribution >= 4 is 5.91 Å². The molecule has 6 heteroatoms. The van der Waals surface area contributed by atoms with Crippen LogP contribution in [0.2, 0.25) is 0 Å². The van der Waals surface area contributed by atoms with Crippen LogP contribution in [-0.2, 0) is 6.42 Å². The molecule has 1 unspecified atom stereocenters. The third kappa shape index (κ3) is 2.21. The van der Waals surface area contributed by atoms with Gasteiger partial charge in [0.1, 0.15) is 5.76 Å². The number of hydrogen-bond donors (Lipinski definition) is 0. The highest BCUT2D eigenvalue weighted by molar-refractivity contribution is 5.92. The first-order valence-electron chi connectivity index (χ1n) is 6.89. The Hall–Kier alpha value is -2.11. The zero-order valence-corrected chi connectivity index (χ0v) is 11.6. The van der Waals surface area contributed by atoms with E-state index >= 15 is 0 Å². The van der Waals surface area contributed by atoms with Gasteiger partial charge in [0.2, 0.25) is 0 Å². The minimum Gasteiger partial charge on any atom is -0.361 e. The van der Waals surface area contributed by atoms with Gasteiger partial charge in [0, 0.05) is 18.7 Å². The Bertz CT molecular complexity index is 617. The Morgan fingerprint density at radius 3 is 2.90 bits per heavy atom. The summed E-state index contributed by atoms with van der Waals surface area (Å²) in [7, 11) is 0. The van der Waals surface area contributed by atoms with Gasteiger partial charge in [-0.3, -0.25) is 4.79 Å². The van der Waals surface area contributed by atoms with Crippen molar-refractivity contribution in [2.75, 3.05) is 6.54 Å². The number of carbonyl (C=O) groups excluding carboxylic acids is 1. The van der Waals surface area contributed by atoms with Crippen LogP contribution in [0.25, 0.3) is 0 Å². The predicted molar refractivity (Wildman–Crippen MR) is 70.1 cm³/mol. The first-order valence-corrected chi connectivity index (χ1v) is 6.89. The van der Waals surface area contributed by atoms with E-state index in [1.165, 1.54) is 0 Å². The standard InChI is InChI=1S/C14H17N3O3/c1-3-10-8-13(20-15-10)12-5-4-6-17(12)14(18)11-7-9(2)19-16-11/h7-8,12H,3-6H2,1-2H3. The molecule has 0 aromatic carbocycles. The molecule has 1 aliphatic heterocycles. The lowest BCUT2D eigenvalue weighted by Crippen LogP contribution is -2.30. The summed E-state index contributed by atoms with van der Waals surface area (Å²) in [5.41, 5.74) is 1.27. The molecule has 1 fully saturated rings. The van der Waals surface area contributed by atoms with Gasteiger partial charge in [-0.15, -0.1) is 0 Å². The Balaban J connectivity index is 1.83. The quantitative estimate of drug-likeness (QED) is 0.860. The number of likely N-dealkylation sites (tertiary alicyclic amines) is 1. The van der Waals surface area contributed by atoms with Gasteiger partial charge in [0.15, 0.2) is 11.5 Å². The summed E-state index contributed by atoms with van der Waals surface area (Å²) in [4.78, 5) is 14.3. The second-order valence-electron chi connectivity index (χ2n) is 5.05. The number of nitrogens with zero attached hydrogens (tertiary/aromatic N) is 3. The van der Waals surface area contributed by atoms with E-state index in [4.69, 9.17) is 9.05 Å². The van der Waals surface area contributed by atoms with Crippen molar-refractivity contribution in [2.45, 2.75) is 39.2 Å². The van der Waals surface area contributed by atoms with Crippen LogP contribution < -0.4 is 0 Å². The summed E-state index contributed by atoms with van der Waals surface area (Å²) in [5.74, 6) is 1.28. The Labute approximate surface area is 116 Å². The first kappa shape index (κ1) is 12.9. The molecular formula is C14H17N3O3. The summed E-state index contributed by atoms with van der Waals surface area (Å²) >= 11 is 0. The fourth-order valence-electron chi connectivity index (χ4n) is 2.57. The van der Waals surface area contributed by atoms with Crippen molar-refractivity contribution in [3.8, 4) is 0 Å². The fourth-order valence-corrected chi connectivity index (χ4v) is 2.57. The van der Waals surface area contributed by atoms with Gasteiger partial charge in [0.05, 0.1) is 11.7 Å². The number of aromatic nitrogens is 2. The molecule has 0 radical (unpaired) electrons. The van der Waals surface area contributed by atoms with E-state index in [1.807, 2.05) is 13.0 Å². The van der Waals surface area contributed by atoms with Crippen LogP contribution in [0.3, 0.4) is 0 Å². The lowest BCUT2D eigenvalue weighted by molar-refractivity contribution is 0.0704. The van der Waals surface area contributed by atoms with Gasteiger partial charge in [-0.2, -0.15) is 0 Å². The topological polar surface area (TPSA) is 72.4 Å². The SMILES string of the molecule is CCc1cc(C2CCCN2C(=O)c2cc(C)on2)on1. The second kappa shape index (κ2) is 5.11. The van der Waals surface area contributed by atoms with Gasteiger partial charge in [-0.05, 0) is 26.2 Å². The van der Waals surface area contributed by atoms with Crippen LogP contribution in [0.1, 0.15) is 53.5 Å². The Morgan fingerprint density at radius 2 is 2.25 bits per heavy atom. The van der Waals surface area contributed by atoms with Gasteiger partial charge in [-0.1, -0.05) is 17.2 Å². The normalized spacial score (nSPS) is 18.7. The molecule has 0 bridgehead atoms. The zero-order chi connectivity index (χ0) is 14.1. The lowest BCUT2D eigenvalue weighted by atomic mass is 10.1. The van der Waals surface area contributed by atoms with Crippen molar-refractivity contribution in [1.82, 2.24) is 15.2 Å². The molecular weight excluding hydrogens is 258 g/mol. The van der Waals surface area contributed by atoms with E-state index in [1.54, 1.807) is 17.9 Å². The van der Waals surface area contributed by atoms with Crippen LogP contribution in [0, 0.1) is 6.92 Å². The van der Waals surface area contributed by atoms with E-state index in [0.29, 0.717) is 18.0 Å². The van der Waals surface area contributed by atoms with Crippen LogP contribution in [-0.4, -0.2) is 27.7 Å². The first-order chi connectivity index (χ1) is 9.69. The summed E-state index contributed by atoms with van der Waals surface area (Å²) in [6, 6.07) is 3.55. The van der Waals surface area contributed by atoms with Crippen molar-refractivity contribution < 1.29 is 13.8 Å². The minimum atomic E-state index is -0.112. The van der Waals surface area contributed by atoms with E-state index in [9.17, 15) is 4.79 Å². The maximum Gasteiger partial charge on any atom is 0.276 e. The molecule has 0 N–H and O–H groups in total. The molecule has 106 valence electrons. The van der Waals surface area contributed by atoms with Crippen LogP contribution in [0.15, 0.2) is 21.2 Å². The highest BCUT2D eigenvalue weighted by Crippen LogP contribution is 2.33. The summed E-state index contributed by atoms with van der Waals surface area (Å²) in [5, 5.41) is 7.80. The number of carbonyl (C=O) groups is 1. The molecule has 3 rings (SSSR count).